The number of aromatic nitrogens is 4. The maximum absolute atomic E-state index is 15.3. The summed E-state index contributed by atoms with van der Waals surface area (Å²) in [5.74, 6) is -0.179. The monoisotopic (exact) mass is 655 g/mol. The third kappa shape index (κ3) is 6.53. The molecule has 0 amide bonds. The molecule has 15 heteroatoms. The summed E-state index contributed by atoms with van der Waals surface area (Å²) >= 11 is 6.34. The van der Waals surface area contributed by atoms with E-state index in [4.69, 9.17) is 21.0 Å². The molecule has 1 aliphatic heterocycles. The van der Waals surface area contributed by atoms with Crippen LogP contribution in [-0.2, 0) is 15.8 Å². The molecule has 5 aromatic rings. The first-order chi connectivity index (χ1) is 21.6. The second kappa shape index (κ2) is 12.5. The van der Waals surface area contributed by atoms with Gasteiger partial charge in [0.2, 0.25) is 11.8 Å². The maximum Gasteiger partial charge on any atom is 0.254 e. The quantitative estimate of drug-likeness (QED) is 0.187. The highest BCUT2D eigenvalue weighted by atomic mass is 35.5. The molecule has 0 bridgehead atoms. The van der Waals surface area contributed by atoms with Crippen LogP contribution in [0.5, 0.6) is 11.6 Å². The average molecular weight is 656 g/mol. The first-order valence-electron chi connectivity index (χ1n) is 14.0. The zero-order valence-corrected chi connectivity index (χ0v) is 25.7. The molecule has 0 spiro atoms. The van der Waals surface area contributed by atoms with Crippen LogP contribution >= 0.6 is 11.8 Å². The Labute approximate surface area is 262 Å². The van der Waals surface area contributed by atoms with Gasteiger partial charge in [0.05, 0.1) is 11.3 Å². The lowest BCUT2D eigenvalue weighted by atomic mass is 10.0. The molecule has 0 saturated carbocycles. The average Bonchev–Trinajstić information content (AvgIpc) is 3.42. The van der Waals surface area contributed by atoms with E-state index in [1.54, 1.807) is 56.6 Å². The zero-order valence-electron chi connectivity index (χ0n) is 24.2. The van der Waals surface area contributed by atoms with Gasteiger partial charge >= 0.3 is 0 Å². The molecule has 45 heavy (non-hydrogen) atoms. The molecule has 0 aliphatic carbocycles. The van der Waals surface area contributed by atoms with E-state index in [1.807, 2.05) is 0 Å². The van der Waals surface area contributed by atoms with Gasteiger partial charge < -0.3 is 19.9 Å². The van der Waals surface area contributed by atoms with E-state index in [0.717, 1.165) is 6.07 Å². The number of pyridine rings is 1. The number of ether oxygens (including phenoxy) is 1. The van der Waals surface area contributed by atoms with Crippen molar-refractivity contribution >= 4 is 44.2 Å². The predicted molar refractivity (Wildman–Crippen MR) is 166 cm³/mol. The number of fused-ring (bicyclic) bond motifs is 1. The van der Waals surface area contributed by atoms with Crippen molar-refractivity contribution in [3.8, 4) is 22.9 Å². The Kier molecular flexibility index (Phi) is 8.53. The summed E-state index contributed by atoms with van der Waals surface area (Å²) in [6, 6.07) is 12.3. The molecule has 4 heterocycles. The van der Waals surface area contributed by atoms with Crippen LogP contribution in [0, 0.1) is 19.7 Å². The second-order valence-electron chi connectivity index (χ2n) is 10.7. The minimum absolute atomic E-state index is 0.131. The van der Waals surface area contributed by atoms with Gasteiger partial charge in [-0.2, -0.15) is 3.82 Å². The number of aryl methyl sites for hydroxylation is 2. The van der Waals surface area contributed by atoms with Crippen molar-refractivity contribution in [2.75, 3.05) is 22.2 Å². The van der Waals surface area contributed by atoms with Crippen LogP contribution in [0.1, 0.15) is 23.4 Å². The summed E-state index contributed by atoms with van der Waals surface area (Å²) in [7, 11) is -4.27. The van der Waals surface area contributed by atoms with Gasteiger partial charge in [0.1, 0.15) is 40.6 Å². The first-order valence-corrected chi connectivity index (χ1v) is 15.9. The Bertz CT molecular complexity index is 1980. The smallest absolute Gasteiger partial charge is 0.254 e. The number of hydrogen-bond donors (Lipinski definition) is 2. The Morgan fingerprint density at radius 1 is 1.11 bits per heavy atom. The van der Waals surface area contributed by atoms with E-state index in [9.17, 15) is 12.8 Å². The van der Waals surface area contributed by atoms with Gasteiger partial charge in [-0.3, -0.25) is 0 Å². The van der Waals surface area contributed by atoms with Crippen molar-refractivity contribution in [3.63, 3.8) is 0 Å². The highest BCUT2D eigenvalue weighted by molar-refractivity contribution is 7.93. The first kappa shape index (κ1) is 30.6. The third-order valence-corrected chi connectivity index (χ3v) is 9.36. The SMILES string of the molecule is Cc1cc(CS(=O)(=O)N(Cl)c2c(F)ccc3c(Oc4ncccc4-c4ccnc(N[C@@H]5CNC[C@@H](F)C5)n4)c(C)ccc23)no1. The van der Waals surface area contributed by atoms with Crippen molar-refractivity contribution < 1.29 is 26.5 Å². The van der Waals surface area contributed by atoms with E-state index < -0.39 is 27.8 Å². The normalized spacial score (nSPS) is 16.9. The van der Waals surface area contributed by atoms with Crippen molar-refractivity contribution in [1.29, 1.82) is 0 Å². The molecule has 6 rings (SSSR count). The second-order valence-corrected chi connectivity index (χ2v) is 13.0. The molecule has 1 saturated heterocycles. The molecule has 11 nitrogen and oxygen atoms in total. The fraction of sp³-hybridized carbons (Fsp3) is 0.267. The third-order valence-electron chi connectivity index (χ3n) is 7.23. The van der Waals surface area contributed by atoms with Crippen LogP contribution in [0.25, 0.3) is 22.0 Å². The number of hydrogen-bond acceptors (Lipinski definition) is 10. The van der Waals surface area contributed by atoms with Crippen LogP contribution in [0.3, 0.4) is 0 Å². The van der Waals surface area contributed by atoms with Gasteiger partial charge in [0.25, 0.3) is 10.0 Å². The molecular weight excluding hydrogens is 628 g/mol. The molecule has 2 N–H and O–H groups in total. The van der Waals surface area contributed by atoms with Gasteiger partial charge in [-0.05, 0) is 49.7 Å². The highest BCUT2D eigenvalue weighted by Gasteiger charge is 2.29. The Balaban J connectivity index is 1.34. The number of halogens is 3. The number of rotatable bonds is 9. The largest absolute Gasteiger partial charge is 0.437 e. The molecule has 3 aromatic heterocycles. The van der Waals surface area contributed by atoms with Crippen LogP contribution < -0.4 is 19.2 Å². The van der Waals surface area contributed by atoms with Gasteiger partial charge in [-0.15, -0.1) is 0 Å². The van der Waals surface area contributed by atoms with Crippen molar-refractivity contribution in [2.24, 2.45) is 0 Å². The summed E-state index contributed by atoms with van der Waals surface area (Å²) in [4.78, 5) is 13.3. The fourth-order valence-corrected chi connectivity index (χ4v) is 6.56. The summed E-state index contributed by atoms with van der Waals surface area (Å²) in [6.45, 7) is 4.32. The molecule has 0 unspecified atom stereocenters. The number of nitrogens with one attached hydrogen (secondary N) is 2. The number of nitrogens with zero attached hydrogens (tertiary/aromatic N) is 5. The van der Waals surface area contributed by atoms with Gasteiger partial charge in [-0.25, -0.2) is 32.2 Å². The Morgan fingerprint density at radius 3 is 2.71 bits per heavy atom. The predicted octanol–water partition coefficient (Wildman–Crippen LogP) is 5.83. The lowest BCUT2D eigenvalue weighted by Gasteiger charge is -2.26. The summed E-state index contributed by atoms with van der Waals surface area (Å²) in [5, 5.41) is 10.5. The molecule has 234 valence electrons. The summed E-state index contributed by atoms with van der Waals surface area (Å²) in [5.41, 5.74) is 1.48. The molecule has 2 aromatic carbocycles. The van der Waals surface area contributed by atoms with Crippen molar-refractivity contribution in [3.05, 3.63) is 83.8 Å². The number of anilines is 2. The number of piperidine rings is 1. The molecule has 0 radical (unpaired) electrons. The van der Waals surface area contributed by atoms with Crippen LogP contribution in [0.4, 0.5) is 20.4 Å². The molecule has 1 fully saturated rings. The number of sulfonamides is 1. The Hall–Kier alpha value is -4.40. The lowest BCUT2D eigenvalue weighted by molar-refractivity contribution is 0.254. The highest BCUT2D eigenvalue weighted by Crippen LogP contribution is 2.41. The van der Waals surface area contributed by atoms with E-state index in [2.05, 4.69) is 30.7 Å². The minimum atomic E-state index is -4.27. The number of alkyl halides is 1. The topological polar surface area (TPSA) is 135 Å². The maximum atomic E-state index is 15.3. The zero-order chi connectivity index (χ0) is 31.7. The van der Waals surface area contributed by atoms with Gasteiger partial charge in [-0.1, -0.05) is 17.3 Å². The van der Waals surface area contributed by atoms with Crippen LogP contribution in [-0.4, -0.2) is 53.8 Å². The standard InChI is InChI=1S/C30H28ClF2N7O4S/c1-17-5-6-22-23(7-8-25(33)27(22)40(31)45(41,42)16-21-12-18(2)44-39-21)28(17)43-29-24(4-3-10-35-29)26-9-11-36-30(38-26)37-20-13-19(32)14-34-15-20/h3-12,19-20,34H,13-16H2,1-2H3,(H,36,37,38)/t19-,20-/m0/s1. The van der Waals surface area contributed by atoms with Crippen molar-refractivity contribution in [1.82, 2.24) is 25.4 Å². The van der Waals surface area contributed by atoms with Crippen molar-refractivity contribution in [2.45, 2.75) is 38.2 Å². The van der Waals surface area contributed by atoms with Crippen LogP contribution in [0.2, 0.25) is 0 Å². The fourth-order valence-electron chi connectivity index (χ4n) is 5.15. The lowest BCUT2D eigenvalue weighted by Crippen LogP contribution is -2.44. The van der Waals surface area contributed by atoms with E-state index in [0.29, 0.717) is 63.0 Å². The summed E-state index contributed by atoms with van der Waals surface area (Å²) < 4.78 is 67.3. The van der Waals surface area contributed by atoms with Crippen LogP contribution in [0.15, 0.2) is 65.4 Å². The molecule has 1 aliphatic rings. The van der Waals surface area contributed by atoms with E-state index in [1.165, 1.54) is 12.1 Å². The number of benzene rings is 2. The minimum Gasteiger partial charge on any atom is -0.437 e. The van der Waals surface area contributed by atoms with Gasteiger partial charge in [0, 0.05) is 66.6 Å². The van der Waals surface area contributed by atoms with Gasteiger partial charge in [0.15, 0.2) is 0 Å². The van der Waals surface area contributed by atoms with E-state index in [-0.39, 0.29) is 28.7 Å². The summed E-state index contributed by atoms with van der Waals surface area (Å²) in [6.07, 6.45) is 2.52. The Morgan fingerprint density at radius 2 is 1.93 bits per heavy atom. The molecule has 2 atom stereocenters. The van der Waals surface area contributed by atoms with E-state index >= 15 is 4.39 Å². The molecular formula is C30H28ClF2N7O4S.